The number of allylic oxidation sites excluding steroid dienone is 4. The van der Waals surface area contributed by atoms with Crippen LogP contribution in [0.5, 0.6) is 0 Å². The lowest BCUT2D eigenvalue weighted by Crippen LogP contribution is -2.49. The van der Waals surface area contributed by atoms with Crippen LogP contribution >= 0.6 is 0 Å². The zero-order valence-corrected chi connectivity index (χ0v) is 20.7. The molecule has 0 saturated heterocycles. The lowest BCUT2D eigenvalue weighted by molar-refractivity contribution is -0.0427. The Morgan fingerprint density at radius 1 is 1.07 bits per heavy atom. The van der Waals surface area contributed by atoms with Crippen molar-refractivity contribution in [3.05, 3.63) is 23.3 Å². The van der Waals surface area contributed by atoms with E-state index in [1.165, 1.54) is 51.4 Å². The molecule has 4 rings (SSSR count). The van der Waals surface area contributed by atoms with Gasteiger partial charge in [-0.25, -0.2) is 0 Å². The first-order valence-electron chi connectivity index (χ1n) is 13.2. The number of aliphatic hydroxyl groups is 1. The summed E-state index contributed by atoms with van der Waals surface area (Å²) in [6.45, 7) is 14.7. The zero-order valence-electron chi connectivity index (χ0n) is 20.7. The van der Waals surface area contributed by atoms with Gasteiger partial charge in [0.2, 0.25) is 0 Å². The van der Waals surface area contributed by atoms with Crippen molar-refractivity contribution in [3.63, 3.8) is 0 Å². The van der Waals surface area contributed by atoms with E-state index in [0.717, 1.165) is 36.5 Å². The van der Waals surface area contributed by atoms with E-state index in [2.05, 4.69) is 53.7 Å². The summed E-state index contributed by atoms with van der Waals surface area (Å²) in [4.78, 5) is 0. The van der Waals surface area contributed by atoms with Crippen LogP contribution in [0.2, 0.25) is 0 Å². The third kappa shape index (κ3) is 3.66. The number of hydrogen-bond acceptors (Lipinski definition) is 1. The second kappa shape index (κ2) is 8.42. The van der Waals surface area contributed by atoms with E-state index in [1.54, 1.807) is 5.57 Å². The Morgan fingerprint density at radius 3 is 2.47 bits per heavy atom. The highest BCUT2D eigenvalue weighted by atomic mass is 16.3. The van der Waals surface area contributed by atoms with Crippen molar-refractivity contribution in [3.8, 4) is 0 Å². The minimum Gasteiger partial charge on any atom is -0.393 e. The molecule has 0 heterocycles. The van der Waals surface area contributed by atoms with E-state index in [4.69, 9.17) is 0 Å². The second-order valence-electron chi connectivity index (χ2n) is 12.4. The van der Waals surface area contributed by atoms with Gasteiger partial charge in [-0.1, -0.05) is 57.9 Å². The molecule has 3 saturated carbocycles. The van der Waals surface area contributed by atoms with Crippen LogP contribution in [0.15, 0.2) is 23.3 Å². The molecule has 0 aromatic carbocycles. The molecule has 4 aliphatic carbocycles. The average molecular weight is 413 g/mol. The van der Waals surface area contributed by atoms with Gasteiger partial charge in [-0.05, 0) is 117 Å². The van der Waals surface area contributed by atoms with E-state index >= 15 is 0 Å². The predicted molar refractivity (Wildman–Crippen MR) is 128 cm³/mol. The Labute approximate surface area is 186 Å². The highest BCUT2D eigenvalue weighted by Crippen LogP contribution is 2.67. The number of hydrogen-bond donors (Lipinski definition) is 1. The quantitative estimate of drug-likeness (QED) is 0.454. The SMILES string of the molecule is CC=C(CC[C@@H](C)[C@H]1CC[C@H]2C3=CC[C@H]4C[C@@H](O)CC[C@]4(C)[C@@H]3CC[C@]12C)C(C)C. The van der Waals surface area contributed by atoms with Crippen LogP contribution in [-0.2, 0) is 0 Å². The van der Waals surface area contributed by atoms with E-state index in [0.29, 0.717) is 22.7 Å². The van der Waals surface area contributed by atoms with E-state index < -0.39 is 0 Å². The highest BCUT2D eigenvalue weighted by molar-refractivity contribution is 5.27. The maximum atomic E-state index is 10.3. The van der Waals surface area contributed by atoms with E-state index in [9.17, 15) is 5.11 Å². The molecular weight excluding hydrogens is 364 g/mol. The Hall–Kier alpha value is -0.560. The number of fused-ring (bicyclic) bond motifs is 5. The van der Waals surface area contributed by atoms with Crippen molar-refractivity contribution in [1.29, 1.82) is 0 Å². The van der Waals surface area contributed by atoms with Crippen molar-refractivity contribution in [2.75, 3.05) is 0 Å². The maximum absolute atomic E-state index is 10.3. The molecule has 0 bridgehead atoms. The van der Waals surface area contributed by atoms with Gasteiger partial charge >= 0.3 is 0 Å². The van der Waals surface area contributed by atoms with E-state index in [-0.39, 0.29) is 6.10 Å². The molecule has 4 aliphatic rings. The first-order valence-corrected chi connectivity index (χ1v) is 13.2. The van der Waals surface area contributed by atoms with Crippen LogP contribution in [0.3, 0.4) is 0 Å². The van der Waals surface area contributed by atoms with Crippen LogP contribution in [0.1, 0.15) is 106 Å². The van der Waals surface area contributed by atoms with Crippen LogP contribution in [0.25, 0.3) is 0 Å². The lowest BCUT2D eigenvalue weighted by atomic mass is 9.47. The smallest absolute Gasteiger partial charge is 0.0543 e. The minimum atomic E-state index is -0.0449. The van der Waals surface area contributed by atoms with Gasteiger partial charge in [0.05, 0.1) is 6.10 Å². The molecule has 0 unspecified atom stereocenters. The fourth-order valence-corrected chi connectivity index (χ4v) is 8.83. The largest absolute Gasteiger partial charge is 0.393 e. The molecule has 0 aromatic heterocycles. The van der Waals surface area contributed by atoms with Gasteiger partial charge in [0.15, 0.2) is 0 Å². The molecule has 1 heteroatoms. The van der Waals surface area contributed by atoms with Gasteiger partial charge in [0.1, 0.15) is 0 Å². The molecule has 3 fully saturated rings. The highest BCUT2D eigenvalue weighted by Gasteiger charge is 2.58. The van der Waals surface area contributed by atoms with Crippen LogP contribution in [0.4, 0.5) is 0 Å². The lowest BCUT2D eigenvalue weighted by Gasteiger charge is -2.57. The Kier molecular flexibility index (Phi) is 6.35. The first-order chi connectivity index (χ1) is 14.2. The summed E-state index contributed by atoms with van der Waals surface area (Å²) >= 11 is 0. The molecule has 0 amide bonds. The summed E-state index contributed by atoms with van der Waals surface area (Å²) in [6, 6.07) is 0. The third-order valence-corrected chi connectivity index (χ3v) is 10.8. The summed E-state index contributed by atoms with van der Waals surface area (Å²) in [5.74, 6) is 4.77. The average Bonchev–Trinajstić information content (AvgIpc) is 3.06. The Morgan fingerprint density at radius 2 is 1.77 bits per heavy atom. The van der Waals surface area contributed by atoms with Gasteiger partial charge in [0, 0.05) is 0 Å². The molecule has 1 nitrogen and oxygen atoms in total. The molecule has 1 N–H and O–H groups in total. The van der Waals surface area contributed by atoms with Crippen LogP contribution in [0, 0.1) is 46.3 Å². The van der Waals surface area contributed by atoms with Crippen LogP contribution < -0.4 is 0 Å². The summed E-state index contributed by atoms with van der Waals surface area (Å²) in [5.41, 5.74) is 4.49. The Bertz CT molecular complexity index is 686. The topological polar surface area (TPSA) is 20.2 Å². The van der Waals surface area contributed by atoms with Crippen molar-refractivity contribution in [1.82, 2.24) is 0 Å². The van der Waals surface area contributed by atoms with Crippen molar-refractivity contribution in [2.45, 2.75) is 112 Å². The zero-order chi connectivity index (χ0) is 21.7. The second-order valence-corrected chi connectivity index (χ2v) is 12.4. The number of aliphatic hydroxyl groups excluding tert-OH is 1. The molecule has 170 valence electrons. The van der Waals surface area contributed by atoms with Crippen molar-refractivity contribution in [2.24, 2.45) is 46.3 Å². The first kappa shape index (κ1) is 22.6. The van der Waals surface area contributed by atoms with Gasteiger partial charge in [-0.2, -0.15) is 0 Å². The van der Waals surface area contributed by atoms with Gasteiger partial charge < -0.3 is 5.11 Å². The fraction of sp³-hybridized carbons (Fsp3) is 0.862. The van der Waals surface area contributed by atoms with Gasteiger partial charge in [0.25, 0.3) is 0 Å². The molecule has 8 atom stereocenters. The minimum absolute atomic E-state index is 0.0449. The summed E-state index contributed by atoms with van der Waals surface area (Å²) in [5, 5.41) is 10.3. The molecule has 0 spiro atoms. The molecule has 0 aliphatic heterocycles. The Balaban J connectivity index is 1.50. The van der Waals surface area contributed by atoms with Gasteiger partial charge in [-0.3, -0.25) is 0 Å². The number of rotatable bonds is 5. The normalized spacial score (nSPS) is 44.9. The summed E-state index contributed by atoms with van der Waals surface area (Å²) in [6.07, 6.45) is 17.9. The third-order valence-electron chi connectivity index (χ3n) is 10.8. The standard InChI is InChI=1S/C29H48O/c1-7-21(19(2)3)9-8-20(4)25-12-13-26-24-11-10-22-18-23(30)14-16-28(22,5)27(24)15-17-29(25,26)6/h7,11,19-20,22-23,25-27,30H,8-10,12-18H2,1-6H3/t20-,22+,23+,25-,26+,27-,28+,29-/m1/s1. The summed E-state index contributed by atoms with van der Waals surface area (Å²) < 4.78 is 0. The molecule has 30 heavy (non-hydrogen) atoms. The van der Waals surface area contributed by atoms with Crippen molar-refractivity contribution >= 4 is 0 Å². The maximum Gasteiger partial charge on any atom is 0.0543 e. The van der Waals surface area contributed by atoms with Gasteiger partial charge in [-0.15, -0.1) is 0 Å². The van der Waals surface area contributed by atoms with Crippen molar-refractivity contribution < 1.29 is 5.11 Å². The molecule has 0 radical (unpaired) electrons. The van der Waals surface area contributed by atoms with Crippen LogP contribution in [-0.4, -0.2) is 11.2 Å². The molecule has 0 aromatic rings. The molecular formula is C29H48O. The summed E-state index contributed by atoms with van der Waals surface area (Å²) in [7, 11) is 0. The fourth-order valence-electron chi connectivity index (χ4n) is 8.83. The van der Waals surface area contributed by atoms with E-state index in [1.807, 2.05) is 5.57 Å². The predicted octanol–water partition coefficient (Wildman–Crippen LogP) is 7.94. The monoisotopic (exact) mass is 412 g/mol.